The molecule has 1 heterocycles. The summed E-state index contributed by atoms with van der Waals surface area (Å²) >= 11 is 5.06. The number of anilines is 2. The lowest BCUT2D eigenvalue weighted by atomic mass is 10.1. The van der Waals surface area contributed by atoms with Crippen LogP contribution in [0.25, 0.3) is 11.3 Å². The summed E-state index contributed by atoms with van der Waals surface area (Å²) in [7, 11) is 1.64. The standard InChI is InChI=1S/C27H24BrN3O4S/c1-35-23-12-6-19(7-13-23)24-17-36-27(30-24)31(22-10-8-21(28)9-11-22)16-18-2-4-20(5-3-18)26(34)29-15-14-25(32)33/h2-13,17H,14-16H2,1H3,(H,29,34)(H,32,33). The van der Waals surface area contributed by atoms with Crippen LogP contribution in [0, 0.1) is 0 Å². The molecule has 1 aromatic heterocycles. The van der Waals surface area contributed by atoms with E-state index in [-0.39, 0.29) is 18.9 Å². The van der Waals surface area contributed by atoms with Crippen molar-refractivity contribution < 1.29 is 19.4 Å². The highest BCUT2D eigenvalue weighted by molar-refractivity contribution is 9.10. The van der Waals surface area contributed by atoms with Crippen LogP contribution in [0.5, 0.6) is 5.75 Å². The van der Waals surface area contributed by atoms with Crippen molar-refractivity contribution in [1.82, 2.24) is 10.3 Å². The Balaban J connectivity index is 1.55. The van der Waals surface area contributed by atoms with Gasteiger partial charge in [0.25, 0.3) is 5.91 Å². The smallest absolute Gasteiger partial charge is 0.305 e. The molecule has 0 aliphatic heterocycles. The number of carboxylic acids is 1. The van der Waals surface area contributed by atoms with Crippen molar-refractivity contribution in [2.45, 2.75) is 13.0 Å². The van der Waals surface area contributed by atoms with E-state index >= 15 is 0 Å². The van der Waals surface area contributed by atoms with E-state index in [1.54, 1.807) is 30.6 Å². The highest BCUT2D eigenvalue weighted by Gasteiger charge is 2.16. The number of halogens is 1. The number of ether oxygens (including phenoxy) is 1. The summed E-state index contributed by atoms with van der Waals surface area (Å²) in [6.07, 6.45) is -0.113. The van der Waals surface area contributed by atoms with Gasteiger partial charge in [-0.2, -0.15) is 0 Å². The van der Waals surface area contributed by atoms with E-state index in [0.717, 1.165) is 37.9 Å². The van der Waals surface area contributed by atoms with Crippen LogP contribution in [0.4, 0.5) is 10.8 Å². The number of hydrogen-bond acceptors (Lipinski definition) is 6. The highest BCUT2D eigenvalue weighted by atomic mass is 79.9. The molecule has 0 saturated heterocycles. The van der Waals surface area contributed by atoms with E-state index in [9.17, 15) is 9.59 Å². The molecule has 2 N–H and O–H groups in total. The number of thiazole rings is 1. The maximum absolute atomic E-state index is 12.3. The Morgan fingerprint density at radius 3 is 2.36 bits per heavy atom. The first-order valence-electron chi connectivity index (χ1n) is 11.1. The first kappa shape index (κ1) is 25.4. The summed E-state index contributed by atoms with van der Waals surface area (Å²) in [5.41, 5.74) is 4.36. The van der Waals surface area contributed by atoms with Gasteiger partial charge in [0.05, 0.1) is 25.8 Å². The lowest BCUT2D eigenvalue weighted by molar-refractivity contribution is -0.136. The number of rotatable bonds is 10. The number of aromatic nitrogens is 1. The summed E-state index contributed by atoms with van der Waals surface area (Å²) < 4.78 is 6.24. The van der Waals surface area contributed by atoms with Crippen LogP contribution >= 0.6 is 27.3 Å². The van der Waals surface area contributed by atoms with Gasteiger partial charge in [0, 0.05) is 33.2 Å². The van der Waals surface area contributed by atoms with Crippen LogP contribution in [0.15, 0.2) is 82.6 Å². The minimum absolute atomic E-state index is 0.0911. The quantitative estimate of drug-likeness (QED) is 0.240. The van der Waals surface area contributed by atoms with Crippen molar-refractivity contribution in [3.05, 3.63) is 93.8 Å². The number of aliphatic carboxylic acids is 1. The normalized spacial score (nSPS) is 10.6. The fourth-order valence-electron chi connectivity index (χ4n) is 3.50. The van der Waals surface area contributed by atoms with Crippen molar-refractivity contribution >= 4 is 50.0 Å². The molecule has 0 radical (unpaired) electrons. The van der Waals surface area contributed by atoms with Crippen molar-refractivity contribution in [1.29, 1.82) is 0 Å². The van der Waals surface area contributed by atoms with E-state index in [1.807, 2.05) is 66.0 Å². The van der Waals surface area contributed by atoms with E-state index in [4.69, 9.17) is 14.8 Å². The van der Waals surface area contributed by atoms with E-state index in [0.29, 0.717) is 12.1 Å². The van der Waals surface area contributed by atoms with E-state index in [2.05, 4.69) is 26.1 Å². The van der Waals surface area contributed by atoms with Gasteiger partial charge in [-0.3, -0.25) is 9.59 Å². The van der Waals surface area contributed by atoms with Crippen molar-refractivity contribution in [2.75, 3.05) is 18.6 Å². The molecule has 0 aliphatic rings. The van der Waals surface area contributed by atoms with Crippen LogP contribution in [0.1, 0.15) is 22.3 Å². The van der Waals surface area contributed by atoms with Crippen molar-refractivity contribution in [3.8, 4) is 17.0 Å². The Kier molecular flexibility index (Phi) is 8.35. The van der Waals surface area contributed by atoms with Crippen LogP contribution in [-0.2, 0) is 11.3 Å². The molecule has 0 fully saturated rings. The van der Waals surface area contributed by atoms with Crippen molar-refractivity contribution in [3.63, 3.8) is 0 Å². The van der Waals surface area contributed by atoms with Gasteiger partial charge in [-0.25, -0.2) is 4.98 Å². The predicted molar refractivity (Wildman–Crippen MR) is 145 cm³/mol. The highest BCUT2D eigenvalue weighted by Crippen LogP contribution is 2.34. The number of hydrogen-bond donors (Lipinski definition) is 2. The predicted octanol–water partition coefficient (Wildman–Crippen LogP) is 6.12. The van der Waals surface area contributed by atoms with Gasteiger partial charge in [-0.15, -0.1) is 11.3 Å². The van der Waals surface area contributed by atoms with Gasteiger partial charge in [-0.05, 0) is 66.2 Å². The fraction of sp³-hybridized carbons (Fsp3) is 0.148. The zero-order valence-corrected chi connectivity index (χ0v) is 21.9. The molecule has 36 heavy (non-hydrogen) atoms. The topological polar surface area (TPSA) is 91.8 Å². The maximum atomic E-state index is 12.3. The SMILES string of the molecule is COc1ccc(-c2csc(N(Cc3ccc(C(=O)NCCC(=O)O)cc3)c3ccc(Br)cc3)n2)cc1. The summed E-state index contributed by atoms with van der Waals surface area (Å²) in [5, 5.41) is 14.2. The molecule has 4 aromatic rings. The van der Waals surface area contributed by atoms with Gasteiger partial charge in [0.1, 0.15) is 5.75 Å². The third kappa shape index (κ3) is 6.50. The van der Waals surface area contributed by atoms with Crippen LogP contribution < -0.4 is 15.0 Å². The molecule has 0 saturated carbocycles. The molecule has 0 bridgehead atoms. The Bertz CT molecular complexity index is 1320. The average Bonchev–Trinajstić information content (AvgIpc) is 3.38. The lowest BCUT2D eigenvalue weighted by Crippen LogP contribution is -2.26. The van der Waals surface area contributed by atoms with Gasteiger partial charge < -0.3 is 20.1 Å². The second-order valence-corrected chi connectivity index (χ2v) is 9.66. The van der Waals surface area contributed by atoms with E-state index in [1.165, 1.54) is 0 Å². The summed E-state index contributed by atoms with van der Waals surface area (Å²) in [6.45, 7) is 0.645. The molecule has 184 valence electrons. The molecular weight excluding hydrogens is 542 g/mol. The fourth-order valence-corrected chi connectivity index (χ4v) is 4.62. The van der Waals surface area contributed by atoms with Crippen LogP contribution in [-0.4, -0.2) is 35.6 Å². The summed E-state index contributed by atoms with van der Waals surface area (Å²) in [6, 6.07) is 23.1. The number of carboxylic acid groups (broad SMARTS) is 1. The average molecular weight is 566 g/mol. The number of methoxy groups -OCH3 is 1. The number of nitrogens with zero attached hydrogens (tertiary/aromatic N) is 2. The third-order valence-corrected chi connectivity index (χ3v) is 6.82. The Labute approximate surface area is 221 Å². The van der Waals surface area contributed by atoms with Gasteiger partial charge in [-0.1, -0.05) is 28.1 Å². The molecule has 0 spiro atoms. The maximum Gasteiger partial charge on any atom is 0.305 e. The first-order valence-corrected chi connectivity index (χ1v) is 12.8. The number of nitrogens with one attached hydrogen (secondary N) is 1. The first-order chi connectivity index (χ1) is 17.4. The van der Waals surface area contributed by atoms with Gasteiger partial charge in [0.2, 0.25) is 0 Å². The zero-order chi connectivity index (χ0) is 25.5. The zero-order valence-electron chi connectivity index (χ0n) is 19.5. The molecule has 0 aliphatic carbocycles. The number of amides is 1. The summed E-state index contributed by atoms with van der Waals surface area (Å²) in [4.78, 5) is 30.0. The number of carbonyl (C=O) groups excluding carboxylic acids is 1. The molecule has 4 rings (SSSR count). The monoisotopic (exact) mass is 565 g/mol. The Hall–Kier alpha value is -3.69. The number of carbonyl (C=O) groups is 2. The lowest BCUT2D eigenvalue weighted by Gasteiger charge is -2.22. The number of benzene rings is 3. The van der Waals surface area contributed by atoms with Crippen LogP contribution in [0.2, 0.25) is 0 Å². The summed E-state index contributed by atoms with van der Waals surface area (Å²) in [5.74, 6) is -0.447. The minimum Gasteiger partial charge on any atom is -0.497 e. The Morgan fingerprint density at radius 2 is 1.72 bits per heavy atom. The van der Waals surface area contributed by atoms with Gasteiger partial charge >= 0.3 is 5.97 Å². The largest absolute Gasteiger partial charge is 0.497 e. The van der Waals surface area contributed by atoms with Gasteiger partial charge in [0.15, 0.2) is 5.13 Å². The second-order valence-electron chi connectivity index (χ2n) is 7.90. The molecule has 1 amide bonds. The molecule has 0 unspecified atom stereocenters. The van der Waals surface area contributed by atoms with Crippen molar-refractivity contribution in [2.24, 2.45) is 0 Å². The van der Waals surface area contributed by atoms with E-state index < -0.39 is 5.97 Å². The molecular formula is C27H24BrN3O4S. The molecule has 0 atom stereocenters. The molecule has 9 heteroatoms. The molecule has 3 aromatic carbocycles. The third-order valence-electron chi connectivity index (χ3n) is 5.43. The van der Waals surface area contributed by atoms with Crippen LogP contribution in [0.3, 0.4) is 0 Å². The Morgan fingerprint density at radius 1 is 1.03 bits per heavy atom. The second kappa shape index (κ2) is 11.8. The minimum atomic E-state index is -0.948. The molecule has 7 nitrogen and oxygen atoms in total.